The van der Waals surface area contributed by atoms with Crippen LogP contribution in [-0.4, -0.2) is 11.2 Å². The standard InChI is InChI=1S/C29H52O/c1-18(2)20(4)8-9-21(5)23-10-11-24-27-25(13-15-29(23,24)7)28(6)14-12-19(3)16-22(28)17-26(27)30/h18-27,30H,8-17H2,1-7H3/t19-,20+,21+,22+,23+,24?,25?,26+,27?,28-,29+/m0/s1. The molecule has 3 unspecified atom stereocenters. The van der Waals surface area contributed by atoms with Crippen molar-refractivity contribution in [1.82, 2.24) is 0 Å². The van der Waals surface area contributed by atoms with Gasteiger partial charge >= 0.3 is 0 Å². The Morgan fingerprint density at radius 2 is 1.50 bits per heavy atom. The Kier molecular flexibility index (Phi) is 6.47. The van der Waals surface area contributed by atoms with Gasteiger partial charge in [-0.15, -0.1) is 0 Å². The summed E-state index contributed by atoms with van der Waals surface area (Å²) in [6.07, 6.45) is 13.7. The van der Waals surface area contributed by atoms with E-state index in [0.29, 0.717) is 16.7 Å². The predicted molar refractivity (Wildman–Crippen MR) is 128 cm³/mol. The van der Waals surface area contributed by atoms with Crippen molar-refractivity contribution in [2.75, 3.05) is 0 Å². The first-order valence-corrected chi connectivity index (χ1v) is 13.8. The summed E-state index contributed by atoms with van der Waals surface area (Å²) in [5, 5.41) is 11.5. The number of hydrogen-bond acceptors (Lipinski definition) is 1. The van der Waals surface area contributed by atoms with Crippen LogP contribution in [0.15, 0.2) is 0 Å². The Balaban J connectivity index is 1.50. The molecule has 0 aromatic carbocycles. The molecule has 1 heteroatoms. The molecule has 0 aromatic rings. The molecule has 0 heterocycles. The fourth-order valence-electron chi connectivity index (χ4n) is 9.47. The van der Waals surface area contributed by atoms with Crippen molar-refractivity contribution in [2.45, 2.75) is 119 Å². The second kappa shape index (κ2) is 8.39. The topological polar surface area (TPSA) is 20.2 Å². The molecule has 1 N–H and O–H groups in total. The van der Waals surface area contributed by atoms with E-state index in [4.69, 9.17) is 0 Å². The smallest absolute Gasteiger partial charge is 0.0577 e. The van der Waals surface area contributed by atoms with Crippen LogP contribution in [0.25, 0.3) is 0 Å². The Labute approximate surface area is 188 Å². The van der Waals surface area contributed by atoms with Gasteiger partial charge in [-0.2, -0.15) is 0 Å². The van der Waals surface area contributed by atoms with E-state index in [1.807, 2.05) is 0 Å². The summed E-state index contributed by atoms with van der Waals surface area (Å²) < 4.78 is 0. The fraction of sp³-hybridized carbons (Fsp3) is 1.00. The van der Waals surface area contributed by atoms with Gasteiger partial charge in [0.15, 0.2) is 0 Å². The third kappa shape index (κ3) is 3.72. The van der Waals surface area contributed by atoms with Gasteiger partial charge in [0.05, 0.1) is 6.10 Å². The lowest BCUT2D eigenvalue weighted by molar-refractivity contribution is -0.168. The van der Waals surface area contributed by atoms with Crippen molar-refractivity contribution in [1.29, 1.82) is 0 Å². The number of fused-ring (bicyclic) bond motifs is 5. The van der Waals surface area contributed by atoms with E-state index in [0.717, 1.165) is 53.8 Å². The van der Waals surface area contributed by atoms with Crippen molar-refractivity contribution in [3.05, 3.63) is 0 Å². The first-order valence-electron chi connectivity index (χ1n) is 13.8. The number of aliphatic hydroxyl groups excluding tert-OH is 1. The van der Waals surface area contributed by atoms with Crippen LogP contribution in [0.2, 0.25) is 0 Å². The molecule has 4 aliphatic rings. The zero-order valence-corrected chi connectivity index (χ0v) is 21.3. The molecule has 0 aromatic heterocycles. The van der Waals surface area contributed by atoms with E-state index in [2.05, 4.69) is 48.5 Å². The minimum atomic E-state index is -0.0296. The van der Waals surface area contributed by atoms with Crippen LogP contribution in [0.5, 0.6) is 0 Å². The molecule has 0 radical (unpaired) electrons. The average molecular weight is 417 g/mol. The SMILES string of the molecule is CC(C)[C@H](C)CC[C@@H](C)[C@H]1CCC2C3C(CC[C@@]21C)[C@@]1(C)CC[C@H](C)C[C@@H]1C[C@H]3O. The van der Waals surface area contributed by atoms with Crippen LogP contribution < -0.4 is 0 Å². The first kappa shape index (κ1) is 23.1. The third-order valence-corrected chi connectivity index (χ3v) is 11.9. The van der Waals surface area contributed by atoms with Gasteiger partial charge in [-0.05, 0) is 109 Å². The monoisotopic (exact) mass is 416 g/mol. The summed E-state index contributed by atoms with van der Waals surface area (Å²) in [4.78, 5) is 0. The molecular formula is C29H52O. The van der Waals surface area contributed by atoms with Gasteiger partial charge in [-0.1, -0.05) is 67.7 Å². The van der Waals surface area contributed by atoms with Gasteiger partial charge < -0.3 is 5.11 Å². The van der Waals surface area contributed by atoms with Gasteiger partial charge in [0.1, 0.15) is 0 Å². The summed E-state index contributed by atoms with van der Waals surface area (Å²) in [7, 11) is 0. The molecule has 174 valence electrons. The van der Waals surface area contributed by atoms with Crippen molar-refractivity contribution >= 4 is 0 Å². The van der Waals surface area contributed by atoms with Crippen LogP contribution in [0.3, 0.4) is 0 Å². The van der Waals surface area contributed by atoms with Crippen molar-refractivity contribution < 1.29 is 5.11 Å². The molecule has 0 aliphatic heterocycles. The highest BCUT2D eigenvalue weighted by molar-refractivity contribution is 5.11. The average Bonchev–Trinajstić information content (AvgIpc) is 3.04. The van der Waals surface area contributed by atoms with E-state index in [1.165, 1.54) is 57.8 Å². The maximum atomic E-state index is 11.5. The zero-order chi connectivity index (χ0) is 21.8. The van der Waals surface area contributed by atoms with Crippen LogP contribution >= 0.6 is 0 Å². The maximum absolute atomic E-state index is 11.5. The maximum Gasteiger partial charge on any atom is 0.0577 e. The highest BCUT2D eigenvalue weighted by atomic mass is 16.3. The van der Waals surface area contributed by atoms with E-state index >= 15 is 0 Å². The molecule has 0 spiro atoms. The van der Waals surface area contributed by atoms with Gasteiger partial charge in [-0.3, -0.25) is 0 Å². The van der Waals surface area contributed by atoms with Gasteiger partial charge in [0, 0.05) is 0 Å². The van der Waals surface area contributed by atoms with E-state index in [9.17, 15) is 5.11 Å². The second-order valence-corrected chi connectivity index (χ2v) is 13.7. The lowest BCUT2D eigenvalue weighted by Gasteiger charge is -2.62. The molecule has 11 atom stereocenters. The first-order chi connectivity index (χ1) is 14.1. The molecular weight excluding hydrogens is 364 g/mol. The number of hydrogen-bond donors (Lipinski definition) is 1. The Morgan fingerprint density at radius 3 is 2.20 bits per heavy atom. The number of rotatable bonds is 5. The van der Waals surface area contributed by atoms with E-state index in [1.54, 1.807) is 0 Å². The molecule has 30 heavy (non-hydrogen) atoms. The van der Waals surface area contributed by atoms with Gasteiger partial charge in [0.2, 0.25) is 0 Å². The highest BCUT2D eigenvalue weighted by Gasteiger charge is 2.62. The molecule has 4 aliphatic carbocycles. The molecule has 0 amide bonds. The van der Waals surface area contributed by atoms with Crippen LogP contribution in [0, 0.1) is 64.1 Å². The largest absolute Gasteiger partial charge is 0.393 e. The minimum Gasteiger partial charge on any atom is -0.393 e. The zero-order valence-electron chi connectivity index (χ0n) is 21.3. The summed E-state index contributed by atoms with van der Waals surface area (Å²) >= 11 is 0. The molecule has 0 bridgehead atoms. The molecule has 1 nitrogen and oxygen atoms in total. The summed E-state index contributed by atoms with van der Waals surface area (Å²) in [5.41, 5.74) is 0.988. The molecule has 4 saturated carbocycles. The molecule has 0 saturated heterocycles. The number of aliphatic hydroxyl groups is 1. The quantitative estimate of drug-likeness (QED) is 0.482. The minimum absolute atomic E-state index is 0.0296. The van der Waals surface area contributed by atoms with E-state index < -0.39 is 0 Å². The predicted octanol–water partition coefficient (Wildman–Crippen LogP) is 7.96. The Bertz CT molecular complexity index is 597. The highest BCUT2D eigenvalue weighted by Crippen LogP contribution is 2.68. The van der Waals surface area contributed by atoms with Crippen molar-refractivity contribution in [3.63, 3.8) is 0 Å². The van der Waals surface area contributed by atoms with Crippen molar-refractivity contribution in [3.8, 4) is 0 Å². The lowest BCUT2D eigenvalue weighted by atomic mass is 9.43. The summed E-state index contributed by atoms with van der Waals surface area (Å²) in [6.45, 7) is 17.5. The Hall–Kier alpha value is -0.0400. The Morgan fingerprint density at radius 1 is 0.833 bits per heavy atom. The normalized spacial score (nSPS) is 50.5. The van der Waals surface area contributed by atoms with Gasteiger partial charge in [-0.25, -0.2) is 0 Å². The fourth-order valence-corrected chi connectivity index (χ4v) is 9.47. The lowest BCUT2D eigenvalue weighted by Crippen LogP contribution is -2.58. The molecule has 4 rings (SSSR count). The van der Waals surface area contributed by atoms with Crippen molar-refractivity contribution in [2.24, 2.45) is 64.1 Å². The third-order valence-electron chi connectivity index (χ3n) is 11.9. The van der Waals surface area contributed by atoms with E-state index in [-0.39, 0.29) is 6.10 Å². The van der Waals surface area contributed by atoms with Crippen LogP contribution in [0.4, 0.5) is 0 Å². The molecule has 4 fully saturated rings. The summed E-state index contributed by atoms with van der Waals surface area (Å²) in [6, 6.07) is 0. The van der Waals surface area contributed by atoms with Crippen LogP contribution in [0.1, 0.15) is 113 Å². The van der Waals surface area contributed by atoms with Crippen LogP contribution in [-0.2, 0) is 0 Å². The second-order valence-electron chi connectivity index (χ2n) is 13.7. The van der Waals surface area contributed by atoms with Gasteiger partial charge in [0.25, 0.3) is 0 Å². The summed E-state index contributed by atoms with van der Waals surface area (Å²) in [5.74, 6) is 7.17.